The normalized spacial score (nSPS) is 16.4. The fourth-order valence-corrected chi connectivity index (χ4v) is 3.02. The van der Waals surface area contributed by atoms with Gasteiger partial charge in [-0.1, -0.05) is 24.3 Å². The summed E-state index contributed by atoms with van der Waals surface area (Å²) in [6.45, 7) is 0.614. The number of rotatable bonds is 3. The Balaban J connectivity index is 1.64. The van der Waals surface area contributed by atoms with Gasteiger partial charge in [-0.25, -0.2) is 9.97 Å². The van der Waals surface area contributed by atoms with Crippen LogP contribution in [0.15, 0.2) is 48.5 Å². The van der Waals surface area contributed by atoms with Crippen molar-refractivity contribution >= 4 is 16.7 Å². The lowest BCUT2D eigenvalue weighted by Gasteiger charge is -2.30. The van der Waals surface area contributed by atoms with Crippen molar-refractivity contribution in [1.29, 1.82) is 0 Å². The highest BCUT2D eigenvalue weighted by Gasteiger charge is 2.36. The molecule has 0 spiro atoms. The van der Waals surface area contributed by atoms with Crippen molar-refractivity contribution in [3.8, 4) is 11.5 Å². The van der Waals surface area contributed by atoms with E-state index in [2.05, 4.69) is 9.97 Å². The molecule has 3 aromatic rings. The summed E-state index contributed by atoms with van der Waals surface area (Å²) in [5, 5.41) is 0.546. The van der Waals surface area contributed by atoms with Crippen molar-refractivity contribution in [2.75, 3.05) is 25.1 Å². The Labute approximate surface area is 153 Å². The maximum Gasteiger partial charge on any atom is 0.451 e. The summed E-state index contributed by atoms with van der Waals surface area (Å²) in [5.74, 6) is 0.318. The minimum Gasteiger partial charge on any atom is -0.486 e. The van der Waals surface area contributed by atoms with Crippen LogP contribution in [-0.4, -0.2) is 36.3 Å². The molecule has 8 heteroatoms. The van der Waals surface area contributed by atoms with Crippen LogP contribution in [0.3, 0.4) is 0 Å². The Hall–Kier alpha value is -3.03. The van der Waals surface area contributed by atoms with Gasteiger partial charge in [0.1, 0.15) is 12.4 Å². The van der Waals surface area contributed by atoms with Crippen LogP contribution in [0.1, 0.15) is 5.82 Å². The Morgan fingerprint density at radius 1 is 1.04 bits per heavy atom. The number of para-hydroxylation sites is 3. The molecule has 4 rings (SSSR count). The molecule has 0 amide bonds. The van der Waals surface area contributed by atoms with Gasteiger partial charge in [0.05, 0.1) is 12.1 Å². The molecule has 0 N–H and O–H groups in total. The average Bonchev–Trinajstić information content (AvgIpc) is 2.66. The summed E-state index contributed by atoms with van der Waals surface area (Å²) < 4.78 is 51.2. The molecule has 1 unspecified atom stereocenters. The molecule has 2 aromatic carbocycles. The molecule has 27 heavy (non-hydrogen) atoms. The van der Waals surface area contributed by atoms with Crippen molar-refractivity contribution in [3.05, 3.63) is 54.4 Å². The van der Waals surface area contributed by atoms with Gasteiger partial charge in [-0.2, -0.15) is 13.2 Å². The highest BCUT2D eigenvalue weighted by atomic mass is 19.4. The summed E-state index contributed by atoms with van der Waals surface area (Å²) in [7, 11) is 1.68. The van der Waals surface area contributed by atoms with Crippen molar-refractivity contribution in [3.63, 3.8) is 0 Å². The predicted molar refractivity (Wildman–Crippen MR) is 94.2 cm³/mol. The number of benzene rings is 2. The van der Waals surface area contributed by atoms with Gasteiger partial charge in [-0.05, 0) is 24.3 Å². The van der Waals surface area contributed by atoms with Crippen LogP contribution in [0.4, 0.5) is 19.0 Å². The second-order valence-corrected chi connectivity index (χ2v) is 6.26. The van der Waals surface area contributed by atoms with Gasteiger partial charge in [0.2, 0.25) is 5.82 Å². The third-order valence-electron chi connectivity index (χ3n) is 4.24. The monoisotopic (exact) mass is 375 g/mol. The lowest BCUT2D eigenvalue weighted by atomic mass is 10.2. The lowest BCUT2D eigenvalue weighted by molar-refractivity contribution is -0.144. The van der Waals surface area contributed by atoms with E-state index in [-0.39, 0.29) is 17.4 Å². The zero-order valence-corrected chi connectivity index (χ0v) is 14.4. The van der Waals surface area contributed by atoms with E-state index in [9.17, 15) is 13.2 Å². The van der Waals surface area contributed by atoms with E-state index < -0.39 is 12.0 Å². The topological polar surface area (TPSA) is 47.5 Å². The summed E-state index contributed by atoms with van der Waals surface area (Å²) in [6.07, 6.45) is -4.96. The highest BCUT2D eigenvalue weighted by molar-refractivity contribution is 5.89. The number of fused-ring (bicyclic) bond motifs is 2. The van der Waals surface area contributed by atoms with E-state index in [0.717, 1.165) is 0 Å². The summed E-state index contributed by atoms with van der Waals surface area (Å²) in [4.78, 5) is 9.06. The Bertz CT molecular complexity index is 978. The summed E-state index contributed by atoms with van der Waals surface area (Å²) in [5.41, 5.74) is 0.243. The third-order valence-corrected chi connectivity index (χ3v) is 4.24. The fraction of sp³-hybridized carbons (Fsp3) is 0.263. The summed E-state index contributed by atoms with van der Waals surface area (Å²) >= 11 is 0. The number of halogens is 3. The maximum atomic E-state index is 13.2. The van der Waals surface area contributed by atoms with Crippen LogP contribution in [0, 0.1) is 0 Å². The number of hydrogen-bond acceptors (Lipinski definition) is 5. The molecule has 0 fully saturated rings. The zero-order chi connectivity index (χ0) is 19.0. The van der Waals surface area contributed by atoms with E-state index in [1.165, 1.54) is 0 Å². The smallest absolute Gasteiger partial charge is 0.451 e. The van der Waals surface area contributed by atoms with Gasteiger partial charge >= 0.3 is 6.18 Å². The van der Waals surface area contributed by atoms with E-state index in [4.69, 9.17) is 9.47 Å². The van der Waals surface area contributed by atoms with Crippen molar-refractivity contribution < 1.29 is 22.6 Å². The number of alkyl halides is 3. The molecule has 0 bridgehead atoms. The van der Waals surface area contributed by atoms with Gasteiger partial charge in [0, 0.05) is 12.4 Å². The Morgan fingerprint density at radius 2 is 1.74 bits per heavy atom. The van der Waals surface area contributed by atoms with Gasteiger partial charge < -0.3 is 14.4 Å². The van der Waals surface area contributed by atoms with Crippen LogP contribution in [0.5, 0.6) is 11.5 Å². The van der Waals surface area contributed by atoms with Crippen LogP contribution < -0.4 is 14.4 Å². The molecule has 1 aromatic heterocycles. The predicted octanol–water partition coefficient (Wildman–Crippen LogP) is 3.92. The molecule has 1 aliphatic heterocycles. The number of nitrogens with zero attached hydrogens (tertiary/aromatic N) is 3. The lowest BCUT2D eigenvalue weighted by Crippen LogP contribution is -2.40. The van der Waals surface area contributed by atoms with Crippen LogP contribution in [0.25, 0.3) is 10.9 Å². The number of hydrogen-bond donors (Lipinski definition) is 0. The van der Waals surface area contributed by atoms with E-state index >= 15 is 0 Å². The van der Waals surface area contributed by atoms with Gasteiger partial charge in [-0.15, -0.1) is 0 Å². The first-order valence-electron chi connectivity index (χ1n) is 8.35. The highest BCUT2D eigenvalue weighted by Crippen LogP contribution is 2.33. The number of anilines is 1. The molecule has 0 radical (unpaired) electrons. The molecule has 2 heterocycles. The molecule has 5 nitrogen and oxygen atoms in total. The van der Waals surface area contributed by atoms with E-state index in [0.29, 0.717) is 30.0 Å². The first-order valence-corrected chi connectivity index (χ1v) is 8.35. The van der Waals surface area contributed by atoms with E-state index in [1.807, 2.05) is 18.2 Å². The second kappa shape index (κ2) is 6.61. The molecule has 1 atom stereocenters. The SMILES string of the molecule is CN(CC1COc2ccccc2O1)c1nc(C(F)(F)F)nc2ccccc12. The van der Waals surface area contributed by atoms with E-state index in [1.54, 1.807) is 42.3 Å². The molecule has 0 saturated carbocycles. The largest absolute Gasteiger partial charge is 0.486 e. The third kappa shape index (κ3) is 3.47. The van der Waals surface area contributed by atoms with Crippen molar-refractivity contribution in [1.82, 2.24) is 9.97 Å². The number of likely N-dealkylation sites (N-methyl/N-ethyl adjacent to an activating group) is 1. The minimum atomic E-state index is -4.62. The Morgan fingerprint density at radius 3 is 2.52 bits per heavy atom. The van der Waals surface area contributed by atoms with Gasteiger partial charge in [-0.3, -0.25) is 0 Å². The van der Waals surface area contributed by atoms with Crippen LogP contribution in [0.2, 0.25) is 0 Å². The molecular weight excluding hydrogens is 359 g/mol. The van der Waals surface area contributed by atoms with Crippen molar-refractivity contribution in [2.45, 2.75) is 12.3 Å². The Kier molecular flexibility index (Phi) is 4.25. The zero-order valence-electron chi connectivity index (χ0n) is 14.4. The quantitative estimate of drug-likeness (QED) is 0.694. The first-order chi connectivity index (χ1) is 12.9. The number of ether oxygens (including phenoxy) is 2. The van der Waals surface area contributed by atoms with Crippen molar-refractivity contribution in [2.24, 2.45) is 0 Å². The summed E-state index contributed by atoms with van der Waals surface area (Å²) in [6, 6.07) is 13.9. The molecular formula is C19H16F3N3O2. The van der Waals surface area contributed by atoms with Gasteiger partial charge in [0.15, 0.2) is 17.6 Å². The van der Waals surface area contributed by atoms with Gasteiger partial charge in [0.25, 0.3) is 0 Å². The number of aromatic nitrogens is 2. The maximum absolute atomic E-state index is 13.2. The fourth-order valence-electron chi connectivity index (χ4n) is 3.02. The average molecular weight is 375 g/mol. The first kappa shape index (κ1) is 17.4. The van der Waals surface area contributed by atoms with Crippen LogP contribution >= 0.6 is 0 Å². The second-order valence-electron chi connectivity index (χ2n) is 6.26. The van der Waals surface area contributed by atoms with Crippen LogP contribution in [-0.2, 0) is 6.18 Å². The minimum absolute atomic E-state index is 0.204. The molecule has 0 aliphatic carbocycles. The molecule has 0 saturated heterocycles. The standard InChI is InChI=1S/C19H16F3N3O2/c1-25(10-12-11-26-15-8-4-5-9-16(15)27-12)17-13-6-2-3-7-14(13)23-18(24-17)19(20,21)22/h2-9,12H,10-11H2,1H3. The molecule has 1 aliphatic rings. The molecule has 140 valence electrons.